The van der Waals surface area contributed by atoms with Gasteiger partial charge in [-0.05, 0) is 106 Å². The Balaban J connectivity index is 1.36. The Kier molecular flexibility index (Phi) is 11.2. The van der Waals surface area contributed by atoms with Gasteiger partial charge in [-0.15, -0.1) is 0 Å². The maximum Gasteiger partial charge on any atom is 0.325 e. The molecule has 0 heterocycles. The van der Waals surface area contributed by atoms with E-state index >= 15 is 0 Å². The van der Waals surface area contributed by atoms with E-state index < -0.39 is 16.5 Å². The van der Waals surface area contributed by atoms with Gasteiger partial charge in [0, 0.05) is 23.1 Å². The number of anilines is 1. The molecule has 0 spiro atoms. The van der Waals surface area contributed by atoms with Crippen molar-refractivity contribution in [3.63, 3.8) is 0 Å². The van der Waals surface area contributed by atoms with Crippen LogP contribution in [0.2, 0.25) is 0 Å². The fourth-order valence-electron chi connectivity index (χ4n) is 8.08. The molecule has 3 saturated carbocycles. The van der Waals surface area contributed by atoms with Crippen molar-refractivity contribution in [2.24, 2.45) is 28.3 Å². The van der Waals surface area contributed by atoms with E-state index in [4.69, 9.17) is 10.3 Å². The van der Waals surface area contributed by atoms with Crippen molar-refractivity contribution < 1.29 is 19.6 Å². The van der Waals surface area contributed by atoms with Crippen LogP contribution < -0.4 is 5.32 Å². The highest BCUT2D eigenvalue weighted by molar-refractivity contribution is 5.77. The standard InChI is InChI=1S/C35H49N5O5/c1-23-10-14-28(45-33(41)22-37-31-17-13-27(38-39-36)21-32(31)40(43)44)20-26(23)12-11-25-9-7-19-35(5)29(15-16-30(25)35)24(2)8-6-18-34(3,4)42/h11-13,17,21,24,28-30,37,42H,1,6-10,14-16,18-20,22H2,2-5H3/b25-11+,26-12-/t24-,28+,29-,30?,35-/m1/s1. The number of nitro benzene ring substituents is 1. The van der Waals surface area contributed by atoms with Crippen LogP contribution in [0.25, 0.3) is 10.4 Å². The molecule has 1 aromatic carbocycles. The minimum absolute atomic E-state index is 0.118. The highest BCUT2D eigenvalue weighted by Gasteiger charge is 2.50. The topological polar surface area (TPSA) is 150 Å². The zero-order valence-electron chi connectivity index (χ0n) is 27.3. The smallest absolute Gasteiger partial charge is 0.325 e. The number of nitrogens with zero attached hydrogens (tertiary/aromatic N) is 4. The first-order chi connectivity index (χ1) is 21.3. The number of nitro groups is 1. The van der Waals surface area contributed by atoms with Crippen molar-refractivity contribution in [2.45, 2.75) is 110 Å². The Hall–Kier alpha value is -3.62. The van der Waals surface area contributed by atoms with Gasteiger partial charge in [0.1, 0.15) is 18.3 Å². The number of carbonyl (C=O) groups is 1. The van der Waals surface area contributed by atoms with Gasteiger partial charge in [0.05, 0.1) is 10.5 Å². The molecule has 0 aromatic heterocycles. The summed E-state index contributed by atoms with van der Waals surface area (Å²) in [7, 11) is 0. The van der Waals surface area contributed by atoms with E-state index in [0.29, 0.717) is 36.0 Å². The number of rotatable bonds is 12. The van der Waals surface area contributed by atoms with Gasteiger partial charge in [0.15, 0.2) is 0 Å². The quantitative estimate of drug-likeness (QED) is 0.0594. The molecule has 0 aliphatic heterocycles. The van der Waals surface area contributed by atoms with E-state index in [-0.39, 0.29) is 29.7 Å². The number of fused-ring (bicyclic) bond motifs is 1. The minimum atomic E-state index is -0.598. The normalized spacial score (nSPS) is 27.5. The summed E-state index contributed by atoms with van der Waals surface area (Å²) in [5.74, 6) is 1.45. The zero-order valence-corrected chi connectivity index (χ0v) is 27.3. The van der Waals surface area contributed by atoms with Gasteiger partial charge in [-0.1, -0.05) is 67.7 Å². The molecule has 45 heavy (non-hydrogen) atoms. The van der Waals surface area contributed by atoms with Crippen LogP contribution in [0.15, 0.2) is 58.8 Å². The predicted molar refractivity (Wildman–Crippen MR) is 177 cm³/mol. The maximum absolute atomic E-state index is 12.7. The monoisotopic (exact) mass is 619 g/mol. The lowest BCUT2D eigenvalue weighted by molar-refractivity contribution is -0.383. The van der Waals surface area contributed by atoms with Crippen LogP contribution in [0.3, 0.4) is 0 Å². The maximum atomic E-state index is 12.7. The van der Waals surface area contributed by atoms with Crippen molar-refractivity contribution in [1.29, 1.82) is 0 Å². The fraction of sp³-hybridized carbons (Fsp3) is 0.629. The van der Waals surface area contributed by atoms with E-state index in [9.17, 15) is 20.0 Å². The largest absolute Gasteiger partial charge is 0.461 e. The molecule has 3 aliphatic rings. The molecular formula is C35H49N5O5. The van der Waals surface area contributed by atoms with Gasteiger partial charge in [0.25, 0.3) is 5.69 Å². The fourth-order valence-corrected chi connectivity index (χ4v) is 8.08. The second-order valence-electron chi connectivity index (χ2n) is 14.2. The van der Waals surface area contributed by atoms with Crippen LogP contribution in [0, 0.1) is 33.3 Å². The second kappa shape index (κ2) is 14.6. The summed E-state index contributed by atoms with van der Waals surface area (Å²) in [6.07, 6.45) is 15.4. The molecule has 3 fully saturated rings. The highest BCUT2D eigenvalue weighted by atomic mass is 16.6. The summed E-state index contributed by atoms with van der Waals surface area (Å²) >= 11 is 0. The number of hydrogen-bond donors (Lipinski definition) is 2. The van der Waals surface area contributed by atoms with E-state index in [1.165, 1.54) is 43.4 Å². The van der Waals surface area contributed by atoms with E-state index in [1.54, 1.807) is 0 Å². The first kappa shape index (κ1) is 34.3. The van der Waals surface area contributed by atoms with E-state index in [2.05, 4.69) is 47.9 Å². The Labute approximate surface area is 266 Å². The first-order valence-corrected chi connectivity index (χ1v) is 16.4. The van der Waals surface area contributed by atoms with Crippen molar-refractivity contribution in [2.75, 3.05) is 11.9 Å². The number of ether oxygens (including phenoxy) is 1. The summed E-state index contributed by atoms with van der Waals surface area (Å²) in [4.78, 5) is 26.2. The second-order valence-corrected chi connectivity index (χ2v) is 14.2. The highest BCUT2D eigenvalue weighted by Crippen LogP contribution is 2.60. The number of carbonyl (C=O) groups excluding carboxylic acids is 1. The Morgan fingerprint density at radius 2 is 2.11 bits per heavy atom. The van der Waals surface area contributed by atoms with Gasteiger partial charge >= 0.3 is 5.97 Å². The van der Waals surface area contributed by atoms with Crippen molar-refractivity contribution >= 4 is 23.0 Å². The number of hydrogen-bond acceptors (Lipinski definition) is 7. The van der Waals surface area contributed by atoms with Crippen LogP contribution >= 0.6 is 0 Å². The molecule has 244 valence electrons. The number of benzene rings is 1. The number of allylic oxidation sites excluding steroid dienone is 4. The van der Waals surface area contributed by atoms with Crippen molar-refractivity contribution in [3.05, 3.63) is 74.2 Å². The van der Waals surface area contributed by atoms with Crippen LogP contribution in [0.1, 0.15) is 98.3 Å². The lowest BCUT2D eigenvalue weighted by Gasteiger charge is -2.44. The number of esters is 1. The number of azide groups is 1. The molecular weight excluding hydrogens is 570 g/mol. The van der Waals surface area contributed by atoms with Crippen LogP contribution in [-0.2, 0) is 9.53 Å². The average Bonchev–Trinajstić information content (AvgIpc) is 3.33. The molecule has 3 aliphatic carbocycles. The van der Waals surface area contributed by atoms with Crippen LogP contribution in [0.4, 0.5) is 17.1 Å². The Bertz CT molecular complexity index is 1390. The van der Waals surface area contributed by atoms with Gasteiger partial charge in [-0.25, -0.2) is 0 Å². The lowest BCUT2D eigenvalue weighted by Crippen LogP contribution is -2.36. The summed E-state index contributed by atoms with van der Waals surface area (Å²) in [5, 5.41) is 27.8. The molecule has 0 radical (unpaired) electrons. The SMILES string of the molecule is C=C1CC[C@H](OC(=O)CNc2ccc(N=[N+]=[N-])cc2[N+](=O)[O-])C/C1=C/C=C1\CCC[C@@]2(C)C1CC[C@@H]2[C@H](C)CCCC(C)(C)O. The molecule has 0 bridgehead atoms. The summed E-state index contributed by atoms with van der Waals surface area (Å²) < 4.78 is 5.77. The van der Waals surface area contributed by atoms with Crippen LogP contribution in [-0.4, -0.2) is 34.2 Å². The van der Waals surface area contributed by atoms with Crippen LogP contribution in [0.5, 0.6) is 0 Å². The summed E-state index contributed by atoms with van der Waals surface area (Å²) in [6.45, 7) is 12.8. The number of aliphatic hydroxyl groups is 1. The molecule has 10 nitrogen and oxygen atoms in total. The first-order valence-electron chi connectivity index (χ1n) is 16.4. The van der Waals surface area contributed by atoms with Crippen molar-refractivity contribution in [3.8, 4) is 0 Å². The third-order valence-corrected chi connectivity index (χ3v) is 10.4. The van der Waals surface area contributed by atoms with Gasteiger partial charge < -0.3 is 15.2 Å². The lowest BCUT2D eigenvalue weighted by atomic mass is 9.60. The van der Waals surface area contributed by atoms with E-state index in [1.807, 2.05) is 13.8 Å². The third-order valence-electron chi connectivity index (χ3n) is 10.4. The average molecular weight is 620 g/mol. The third kappa shape index (κ3) is 8.76. The molecule has 0 saturated heterocycles. The molecule has 10 heteroatoms. The molecule has 0 amide bonds. The molecule has 2 N–H and O–H groups in total. The Morgan fingerprint density at radius 1 is 1.33 bits per heavy atom. The van der Waals surface area contributed by atoms with Crippen molar-refractivity contribution in [1.82, 2.24) is 0 Å². The molecule has 1 aromatic rings. The predicted octanol–water partition coefficient (Wildman–Crippen LogP) is 9.25. The zero-order chi connectivity index (χ0) is 32.8. The summed E-state index contributed by atoms with van der Waals surface area (Å²) in [5.41, 5.74) is 12.0. The molecule has 5 atom stereocenters. The summed E-state index contributed by atoms with van der Waals surface area (Å²) in [6, 6.07) is 4.02. The van der Waals surface area contributed by atoms with Gasteiger partial charge in [-0.2, -0.15) is 0 Å². The Morgan fingerprint density at radius 3 is 2.82 bits per heavy atom. The molecule has 4 rings (SSSR count). The van der Waals surface area contributed by atoms with Gasteiger partial charge in [0.2, 0.25) is 0 Å². The van der Waals surface area contributed by atoms with E-state index in [0.717, 1.165) is 49.3 Å². The number of nitrogens with one attached hydrogen (secondary N) is 1. The molecule has 1 unspecified atom stereocenters. The minimum Gasteiger partial charge on any atom is -0.461 e. The van der Waals surface area contributed by atoms with Gasteiger partial charge in [-0.3, -0.25) is 14.9 Å².